The zero-order valence-corrected chi connectivity index (χ0v) is 15.5. The Morgan fingerprint density at radius 3 is 2.62 bits per heavy atom. The second kappa shape index (κ2) is 8.72. The van der Waals surface area contributed by atoms with Gasteiger partial charge in [0.25, 0.3) is 5.91 Å². The number of carbonyl (C=O) groups excluding carboxylic acids is 1. The van der Waals surface area contributed by atoms with Crippen LogP contribution in [0.1, 0.15) is 49.9 Å². The summed E-state index contributed by atoms with van der Waals surface area (Å²) in [6, 6.07) is 8.42. The molecule has 0 radical (unpaired) electrons. The number of rotatable bonds is 5. The molecular weight excluding hydrogens is 324 g/mol. The number of nitrogens with one attached hydrogen (secondary N) is 1. The molecule has 2 heterocycles. The van der Waals surface area contributed by atoms with Crippen molar-refractivity contribution < 1.29 is 9.53 Å². The Hall–Kier alpha value is -1.26. The van der Waals surface area contributed by atoms with E-state index in [1.165, 1.54) is 0 Å². The predicted molar refractivity (Wildman–Crippen MR) is 99.1 cm³/mol. The van der Waals surface area contributed by atoms with Crippen LogP contribution in [0.3, 0.4) is 0 Å². The van der Waals surface area contributed by atoms with Gasteiger partial charge in [-0.2, -0.15) is 0 Å². The van der Waals surface area contributed by atoms with Crippen LogP contribution in [0.25, 0.3) is 0 Å². The summed E-state index contributed by atoms with van der Waals surface area (Å²) in [6.45, 7) is 7.06. The van der Waals surface area contributed by atoms with Gasteiger partial charge in [0.2, 0.25) is 0 Å². The molecule has 4 nitrogen and oxygen atoms in total. The average molecular weight is 353 g/mol. The topological polar surface area (TPSA) is 41.6 Å². The highest BCUT2D eigenvalue weighted by molar-refractivity contribution is 5.95. The Balaban J connectivity index is 0.00000208. The van der Waals surface area contributed by atoms with Crippen LogP contribution in [-0.2, 0) is 0 Å². The molecule has 2 aliphatic heterocycles. The van der Waals surface area contributed by atoms with Crippen LogP contribution < -0.4 is 10.1 Å². The van der Waals surface area contributed by atoms with Crippen molar-refractivity contribution >= 4 is 18.3 Å². The van der Waals surface area contributed by atoms with Crippen LogP contribution in [-0.4, -0.2) is 42.6 Å². The standard InChI is InChI=1S/C19H28N2O2.ClH/c1-14(2)10-12-23-18-7-3-15(4-8-18)19(22)21-16-5-6-17(21)13-20-11-9-16;/h3-4,7-8,14,16-17,20H,5-6,9-13H2,1-2H3;1H. The van der Waals surface area contributed by atoms with E-state index in [-0.39, 0.29) is 18.3 Å². The molecule has 0 spiro atoms. The summed E-state index contributed by atoms with van der Waals surface area (Å²) in [5.41, 5.74) is 0.778. The van der Waals surface area contributed by atoms with Gasteiger partial charge >= 0.3 is 0 Å². The van der Waals surface area contributed by atoms with Crippen molar-refractivity contribution in [2.45, 2.75) is 51.6 Å². The third kappa shape index (κ3) is 4.42. The van der Waals surface area contributed by atoms with Crippen molar-refractivity contribution in [2.24, 2.45) is 5.92 Å². The predicted octanol–water partition coefficient (Wildman–Crippen LogP) is 3.50. The van der Waals surface area contributed by atoms with Gasteiger partial charge in [-0.25, -0.2) is 0 Å². The second-order valence-corrected chi connectivity index (χ2v) is 7.15. The van der Waals surface area contributed by atoms with E-state index in [0.717, 1.165) is 56.7 Å². The molecule has 1 amide bonds. The van der Waals surface area contributed by atoms with Crippen LogP contribution in [0.5, 0.6) is 5.75 Å². The van der Waals surface area contributed by atoms with Gasteiger partial charge in [0.1, 0.15) is 5.75 Å². The molecule has 134 valence electrons. The van der Waals surface area contributed by atoms with Gasteiger partial charge in [-0.1, -0.05) is 13.8 Å². The molecule has 2 aliphatic rings. The summed E-state index contributed by atoms with van der Waals surface area (Å²) in [7, 11) is 0. The van der Waals surface area contributed by atoms with E-state index in [1.807, 2.05) is 24.3 Å². The fourth-order valence-electron chi connectivity index (χ4n) is 3.57. The maximum Gasteiger partial charge on any atom is 0.254 e. The minimum absolute atomic E-state index is 0. The lowest BCUT2D eigenvalue weighted by atomic mass is 10.1. The third-order valence-corrected chi connectivity index (χ3v) is 4.95. The number of carbonyl (C=O) groups is 1. The fraction of sp³-hybridized carbons (Fsp3) is 0.632. The summed E-state index contributed by atoms with van der Waals surface area (Å²) in [6.07, 6.45) is 4.39. The summed E-state index contributed by atoms with van der Waals surface area (Å²) in [4.78, 5) is 15.0. The van der Waals surface area contributed by atoms with Crippen molar-refractivity contribution in [1.29, 1.82) is 0 Å². The first-order valence-electron chi connectivity index (χ1n) is 8.91. The minimum Gasteiger partial charge on any atom is -0.494 e. The number of benzene rings is 1. The van der Waals surface area contributed by atoms with Crippen LogP contribution in [0.2, 0.25) is 0 Å². The lowest BCUT2D eigenvalue weighted by Crippen LogP contribution is -2.42. The number of ether oxygens (including phenoxy) is 1. The molecule has 2 unspecified atom stereocenters. The Labute approximate surface area is 151 Å². The maximum absolute atomic E-state index is 12.9. The first-order valence-corrected chi connectivity index (χ1v) is 8.91. The third-order valence-electron chi connectivity index (χ3n) is 4.95. The summed E-state index contributed by atoms with van der Waals surface area (Å²) in [5, 5.41) is 3.44. The molecule has 3 rings (SSSR count). The molecule has 1 aromatic rings. The van der Waals surface area contributed by atoms with E-state index in [1.54, 1.807) is 0 Å². The van der Waals surface area contributed by atoms with E-state index in [9.17, 15) is 4.79 Å². The molecule has 5 heteroatoms. The number of amides is 1. The number of hydrogen-bond acceptors (Lipinski definition) is 3. The molecule has 0 aliphatic carbocycles. The van der Waals surface area contributed by atoms with Gasteiger partial charge in [-0.3, -0.25) is 4.79 Å². The molecule has 1 aromatic carbocycles. The Bertz CT molecular complexity index is 519. The van der Waals surface area contributed by atoms with Gasteiger partial charge in [0.15, 0.2) is 0 Å². The maximum atomic E-state index is 12.9. The van der Waals surface area contributed by atoms with E-state index >= 15 is 0 Å². The van der Waals surface area contributed by atoms with Gasteiger partial charge in [-0.05, 0) is 62.4 Å². The van der Waals surface area contributed by atoms with E-state index in [2.05, 4.69) is 24.1 Å². The number of hydrogen-bond donors (Lipinski definition) is 1. The number of nitrogens with zero attached hydrogens (tertiary/aromatic N) is 1. The van der Waals surface area contributed by atoms with Gasteiger partial charge in [0, 0.05) is 24.2 Å². The van der Waals surface area contributed by atoms with Crippen molar-refractivity contribution in [3.63, 3.8) is 0 Å². The Kier molecular flexibility index (Phi) is 6.93. The molecule has 2 bridgehead atoms. The molecule has 24 heavy (non-hydrogen) atoms. The number of fused-ring (bicyclic) bond motifs is 2. The number of halogens is 1. The smallest absolute Gasteiger partial charge is 0.254 e. The molecule has 2 saturated heterocycles. The van der Waals surface area contributed by atoms with E-state index < -0.39 is 0 Å². The first kappa shape index (κ1) is 19.1. The normalized spacial score (nSPS) is 22.9. The fourth-order valence-corrected chi connectivity index (χ4v) is 3.57. The molecule has 2 atom stereocenters. The average Bonchev–Trinajstić information content (AvgIpc) is 2.80. The van der Waals surface area contributed by atoms with Gasteiger partial charge in [-0.15, -0.1) is 12.4 Å². The van der Waals surface area contributed by atoms with E-state index in [4.69, 9.17) is 4.74 Å². The van der Waals surface area contributed by atoms with Crippen LogP contribution in [0, 0.1) is 5.92 Å². The zero-order valence-electron chi connectivity index (χ0n) is 14.7. The summed E-state index contributed by atoms with van der Waals surface area (Å²) in [5.74, 6) is 1.67. The molecule has 0 aromatic heterocycles. The SMILES string of the molecule is CC(C)CCOc1ccc(C(=O)N2C3CCNCC2CC3)cc1.Cl. The van der Waals surface area contributed by atoms with Crippen LogP contribution >= 0.6 is 12.4 Å². The monoisotopic (exact) mass is 352 g/mol. The highest BCUT2D eigenvalue weighted by Gasteiger charge is 2.38. The molecule has 0 saturated carbocycles. The Morgan fingerprint density at radius 2 is 1.92 bits per heavy atom. The lowest BCUT2D eigenvalue weighted by molar-refractivity contribution is 0.0680. The minimum atomic E-state index is 0. The van der Waals surface area contributed by atoms with Crippen molar-refractivity contribution in [1.82, 2.24) is 10.2 Å². The van der Waals surface area contributed by atoms with E-state index in [0.29, 0.717) is 18.0 Å². The molecular formula is C19H29ClN2O2. The van der Waals surface area contributed by atoms with Crippen molar-refractivity contribution in [3.05, 3.63) is 29.8 Å². The van der Waals surface area contributed by atoms with Crippen molar-refractivity contribution in [3.8, 4) is 5.75 Å². The summed E-state index contributed by atoms with van der Waals surface area (Å²) < 4.78 is 5.74. The molecule has 1 N–H and O–H groups in total. The van der Waals surface area contributed by atoms with Crippen molar-refractivity contribution in [2.75, 3.05) is 19.7 Å². The lowest BCUT2D eigenvalue weighted by Gasteiger charge is -2.28. The quantitative estimate of drug-likeness (QED) is 0.881. The largest absolute Gasteiger partial charge is 0.494 e. The second-order valence-electron chi connectivity index (χ2n) is 7.15. The summed E-state index contributed by atoms with van der Waals surface area (Å²) >= 11 is 0. The highest BCUT2D eigenvalue weighted by atomic mass is 35.5. The zero-order chi connectivity index (χ0) is 16.2. The molecule has 2 fully saturated rings. The van der Waals surface area contributed by atoms with Crippen LogP contribution in [0.15, 0.2) is 24.3 Å². The first-order chi connectivity index (χ1) is 11.1. The van der Waals surface area contributed by atoms with Gasteiger partial charge in [0.05, 0.1) is 6.61 Å². The highest BCUT2D eigenvalue weighted by Crippen LogP contribution is 2.29. The Morgan fingerprint density at radius 1 is 1.21 bits per heavy atom. The van der Waals surface area contributed by atoms with Crippen LogP contribution in [0.4, 0.5) is 0 Å². The van der Waals surface area contributed by atoms with Gasteiger partial charge < -0.3 is 15.0 Å².